The number of carbonyl (C=O) groups is 2. The summed E-state index contributed by atoms with van der Waals surface area (Å²) >= 11 is 0. The Morgan fingerprint density at radius 2 is 2.10 bits per heavy atom. The average molecular weight is 289 g/mol. The lowest BCUT2D eigenvalue weighted by Gasteiger charge is -2.06. The molecule has 8 heteroatoms. The zero-order valence-corrected chi connectivity index (χ0v) is 11.1. The van der Waals surface area contributed by atoms with Crippen molar-refractivity contribution in [1.29, 1.82) is 5.41 Å². The largest absolute Gasteiger partial charge is 0.477 e. The van der Waals surface area contributed by atoms with E-state index in [1.165, 1.54) is 6.07 Å². The Bertz CT molecular complexity index is 707. The number of guanidine groups is 1. The quantitative estimate of drug-likeness (QED) is 0.354. The highest BCUT2D eigenvalue weighted by molar-refractivity contribution is 5.97. The summed E-state index contributed by atoms with van der Waals surface area (Å²) in [7, 11) is 0. The summed E-state index contributed by atoms with van der Waals surface area (Å²) in [4.78, 5) is 25.3. The third-order valence-corrected chi connectivity index (χ3v) is 2.80. The second kappa shape index (κ2) is 5.95. The Hall–Kier alpha value is -3.03. The summed E-state index contributed by atoms with van der Waals surface area (Å²) < 4.78 is 0. The van der Waals surface area contributed by atoms with Gasteiger partial charge in [-0.25, -0.2) is 4.79 Å². The summed E-state index contributed by atoms with van der Waals surface area (Å²) in [5, 5.41) is 21.8. The van der Waals surface area contributed by atoms with Crippen LogP contribution < -0.4 is 16.4 Å². The normalized spacial score (nSPS) is 10.3. The van der Waals surface area contributed by atoms with Crippen molar-refractivity contribution in [3.8, 4) is 0 Å². The first-order valence-corrected chi connectivity index (χ1v) is 6.19. The van der Waals surface area contributed by atoms with E-state index in [0.29, 0.717) is 16.6 Å². The number of anilines is 1. The van der Waals surface area contributed by atoms with Crippen molar-refractivity contribution in [3.05, 3.63) is 30.0 Å². The summed E-state index contributed by atoms with van der Waals surface area (Å²) in [5.41, 5.74) is 6.46. The Balaban J connectivity index is 2.03. The fourth-order valence-electron chi connectivity index (χ4n) is 1.86. The molecule has 1 aromatic heterocycles. The molecule has 0 atom stereocenters. The van der Waals surface area contributed by atoms with Gasteiger partial charge in [-0.2, -0.15) is 0 Å². The number of hydrogen-bond acceptors (Lipinski definition) is 3. The van der Waals surface area contributed by atoms with Gasteiger partial charge in [0.15, 0.2) is 5.96 Å². The number of aromatic carboxylic acids is 1. The molecule has 8 nitrogen and oxygen atoms in total. The average Bonchev–Trinajstić information content (AvgIpc) is 2.81. The first kappa shape index (κ1) is 14.4. The van der Waals surface area contributed by atoms with E-state index in [2.05, 4.69) is 15.6 Å². The number of carboxylic acids is 1. The molecule has 2 aromatic rings. The molecule has 0 saturated heterocycles. The molecule has 0 aliphatic carbocycles. The van der Waals surface area contributed by atoms with Crippen LogP contribution in [0.5, 0.6) is 0 Å². The van der Waals surface area contributed by atoms with Crippen LogP contribution in [0, 0.1) is 5.41 Å². The molecule has 0 fully saturated rings. The van der Waals surface area contributed by atoms with E-state index in [-0.39, 0.29) is 30.5 Å². The molecule has 0 radical (unpaired) electrons. The fourth-order valence-corrected chi connectivity index (χ4v) is 1.86. The Morgan fingerprint density at radius 1 is 1.33 bits per heavy atom. The van der Waals surface area contributed by atoms with Crippen molar-refractivity contribution >= 4 is 34.4 Å². The van der Waals surface area contributed by atoms with Gasteiger partial charge in [-0.05, 0) is 24.3 Å². The fraction of sp³-hybridized carbons (Fsp3) is 0.154. The minimum Gasteiger partial charge on any atom is -0.477 e. The topological polar surface area (TPSA) is 144 Å². The smallest absolute Gasteiger partial charge is 0.352 e. The highest BCUT2D eigenvalue weighted by Gasteiger charge is 2.08. The van der Waals surface area contributed by atoms with E-state index in [0.717, 1.165) is 0 Å². The van der Waals surface area contributed by atoms with Crippen molar-refractivity contribution in [2.24, 2.45) is 5.73 Å². The summed E-state index contributed by atoms with van der Waals surface area (Å²) in [5.74, 6) is -1.44. The molecular formula is C13H15N5O3. The first-order chi connectivity index (χ1) is 9.95. The van der Waals surface area contributed by atoms with Crippen molar-refractivity contribution in [2.45, 2.75) is 6.42 Å². The minimum atomic E-state index is -1.04. The Labute approximate surface area is 119 Å². The third-order valence-electron chi connectivity index (χ3n) is 2.80. The number of amides is 1. The molecule has 7 N–H and O–H groups in total. The third kappa shape index (κ3) is 3.72. The van der Waals surface area contributed by atoms with Crippen molar-refractivity contribution in [2.75, 3.05) is 11.9 Å². The molecule has 0 saturated carbocycles. The van der Waals surface area contributed by atoms with Gasteiger partial charge < -0.3 is 26.5 Å². The molecule has 0 aliphatic rings. The number of fused-ring (bicyclic) bond motifs is 1. The number of nitrogens with two attached hydrogens (primary N) is 1. The van der Waals surface area contributed by atoms with Crippen LogP contribution in [-0.2, 0) is 4.79 Å². The second-order valence-corrected chi connectivity index (χ2v) is 4.43. The van der Waals surface area contributed by atoms with Gasteiger partial charge in [-0.1, -0.05) is 0 Å². The summed E-state index contributed by atoms with van der Waals surface area (Å²) in [6, 6.07) is 6.57. The van der Waals surface area contributed by atoms with Crippen LogP contribution in [0.4, 0.5) is 5.69 Å². The molecule has 0 bridgehead atoms. The molecular weight excluding hydrogens is 274 g/mol. The van der Waals surface area contributed by atoms with Gasteiger partial charge in [-0.3, -0.25) is 10.2 Å². The monoisotopic (exact) mass is 289 g/mol. The van der Waals surface area contributed by atoms with Gasteiger partial charge >= 0.3 is 5.97 Å². The van der Waals surface area contributed by atoms with E-state index < -0.39 is 5.97 Å². The van der Waals surface area contributed by atoms with Crippen LogP contribution in [0.2, 0.25) is 0 Å². The van der Waals surface area contributed by atoms with Crippen LogP contribution in [0.1, 0.15) is 16.9 Å². The number of rotatable bonds is 5. The second-order valence-electron chi connectivity index (χ2n) is 4.43. The summed E-state index contributed by atoms with van der Waals surface area (Å²) in [6.45, 7) is 0.275. The van der Waals surface area contributed by atoms with Crippen molar-refractivity contribution < 1.29 is 14.7 Å². The summed E-state index contributed by atoms with van der Waals surface area (Å²) in [6.07, 6.45) is 0.172. The van der Waals surface area contributed by atoms with Gasteiger partial charge in [0.05, 0.1) is 0 Å². The van der Waals surface area contributed by atoms with E-state index in [1.54, 1.807) is 18.2 Å². The van der Waals surface area contributed by atoms with E-state index in [4.69, 9.17) is 16.2 Å². The van der Waals surface area contributed by atoms with Crippen LogP contribution in [0.15, 0.2) is 24.3 Å². The van der Waals surface area contributed by atoms with E-state index >= 15 is 0 Å². The maximum absolute atomic E-state index is 11.7. The van der Waals surface area contributed by atoms with Crippen LogP contribution in [0.3, 0.4) is 0 Å². The van der Waals surface area contributed by atoms with Gasteiger partial charge in [0.2, 0.25) is 5.91 Å². The minimum absolute atomic E-state index is 0.0964. The van der Waals surface area contributed by atoms with Gasteiger partial charge in [0, 0.05) is 29.6 Å². The Kier molecular flexibility index (Phi) is 4.07. The maximum Gasteiger partial charge on any atom is 0.352 e. The molecule has 2 rings (SSSR count). The van der Waals surface area contributed by atoms with Crippen molar-refractivity contribution in [1.82, 2.24) is 10.3 Å². The number of benzene rings is 1. The first-order valence-electron chi connectivity index (χ1n) is 6.19. The van der Waals surface area contributed by atoms with Gasteiger partial charge in [0.25, 0.3) is 0 Å². The predicted molar refractivity (Wildman–Crippen MR) is 78.4 cm³/mol. The van der Waals surface area contributed by atoms with Crippen molar-refractivity contribution in [3.63, 3.8) is 0 Å². The van der Waals surface area contributed by atoms with Gasteiger partial charge in [0.1, 0.15) is 5.69 Å². The van der Waals surface area contributed by atoms with E-state index in [9.17, 15) is 9.59 Å². The number of carbonyl (C=O) groups excluding carboxylic acids is 1. The lowest BCUT2D eigenvalue weighted by atomic mass is 10.2. The SMILES string of the molecule is N=C(N)NCCC(=O)Nc1ccc2[nH]c(C(=O)O)cc2c1. The molecule has 0 spiro atoms. The lowest BCUT2D eigenvalue weighted by molar-refractivity contribution is -0.116. The lowest BCUT2D eigenvalue weighted by Crippen LogP contribution is -2.32. The molecule has 1 aromatic carbocycles. The highest BCUT2D eigenvalue weighted by Crippen LogP contribution is 2.20. The molecule has 0 aliphatic heterocycles. The zero-order valence-electron chi connectivity index (χ0n) is 11.1. The van der Waals surface area contributed by atoms with E-state index in [1.807, 2.05) is 0 Å². The number of aromatic amines is 1. The molecule has 110 valence electrons. The number of aromatic nitrogens is 1. The standard InChI is InChI=1S/C13H15N5O3/c14-13(15)16-4-3-11(19)17-8-1-2-9-7(5-8)6-10(18-9)12(20)21/h1-2,5-6,18H,3-4H2,(H,17,19)(H,20,21)(H4,14,15,16). The molecule has 1 heterocycles. The zero-order chi connectivity index (χ0) is 15.4. The number of hydrogen-bond donors (Lipinski definition) is 6. The highest BCUT2D eigenvalue weighted by atomic mass is 16.4. The predicted octanol–water partition coefficient (Wildman–Crippen LogP) is 0.678. The van der Waals surface area contributed by atoms with Gasteiger partial charge in [-0.15, -0.1) is 0 Å². The molecule has 0 unspecified atom stereocenters. The van der Waals surface area contributed by atoms with Crippen LogP contribution in [0.25, 0.3) is 10.9 Å². The number of carboxylic acid groups (broad SMARTS) is 1. The number of H-pyrrole nitrogens is 1. The molecule has 1 amide bonds. The molecule has 21 heavy (non-hydrogen) atoms. The Morgan fingerprint density at radius 3 is 2.76 bits per heavy atom. The van der Waals surface area contributed by atoms with Crippen LogP contribution in [-0.4, -0.2) is 34.5 Å². The maximum atomic E-state index is 11.7. The van der Waals surface area contributed by atoms with Crippen LogP contribution >= 0.6 is 0 Å². The number of nitrogens with one attached hydrogen (secondary N) is 4.